The molecule has 2 heterocycles. The molecule has 11 heteroatoms. The van der Waals surface area contributed by atoms with E-state index in [9.17, 15) is 13.2 Å². The van der Waals surface area contributed by atoms with E-state index in [2.05, 4.69) is 22.6 Å². The number of benzene rings is 1. The SMILES string of the molecule is CC1(C)OB(c2ccc(Cl)c3c(NS)nn(CC(F)(F)F)c23)OC1(C)C. The molecule has 2 aromatic rings. The zero-order valence-corrected chi connectivity index (χ0v) is 16.3. The van der Waals surface area contributed by atoms with Crippen LogP contribution in [-0.2, 0) is 15.9 Å². The van der Waals surface area contributed by atoms with Crippen molar-refractivity contribution in [1.82, 2.24) is 9.78 Å². The van der Waals surface area contributed by atoms with Crippen LogP contribution in [0.15, 0.2) is 12.1 Å². The third-order valence-electron chi connectivity index (χ3n) is 4.82. The van der Waals surface area contributed by atoms with Gasteiger partial charge in [-0.2, -0.15) is 18.3 Å². The Kier molecular flexibility index (Phi) is 4.70. The van der Waals surface area contributed by atoms with Crippen LogP contribution in [0.2, 0.25) is 5.02 Å². The van der Waals surface area contributed by atoms with Crippen molar-refractivity contribution in [2.45, 2.75) is 51.6 Å². The van der Waals surface area contributed by atoms with Crippen LogP contribution >= 0.6 is 24.4 Å². The first-order valence-electron chi connectivity index (χ1n) is 7.88. The molecule has 26 heavy (non-hydrogen) atoms. The predicted molar refractivity (Wildman–Crippen MR) is 99.1 cm³/mol. The molecule has 0 unspecified atom stereocenters. The highest BCUT2D eigenvalue weighted by atomic mass is 35.5. The number of anilines is 1. The van der Waals surface area contributed by atoms with Crippen molar-refractivity contribution >= 4 is 53.7 Å². The average molecular weight is 408 g/mol. The van der Waals surface area contributed by atoms with Crippen molar-refractivity contribution in [3.8, 4) is 0 Å². The number of thiol groups is 1. The van der Waals surface area contributed by atoms with Gasteiger partial charge < -0.3 is 14.0 Å². The number of nitrogens with zero attached hydrogens (tertiary/aromatic N) is 2. The highest BCUT2D eigenvalue weighted by Crippen LogP contribution is 2.38. The van der Waals surface area contributed by atoms with Crippen LogP contribution in [-0.4, -0.2) is 34.3 Å². The number of halogens is 4. The molecule has 1 aromatic carbocycles. The molecule has 0 radical (unpaired) electrons. The summed E-state index contributed by atoms with van der Waals surface area (Å²) < 4.78 is 54.5. The second kappa shape index (κ2) is 6.22. The molecule has 0 spiro atoms. The van der Waals surface area contributed by atoms with Crippen LogP contribution in [0.1, 0.15) is 27.7 Å². The van der Waals surface area contributed by atoms with E-state index in [4.69, 9.17) is 20.9 Å². The molecule has 142 valence electrons. The summed E-state index contributed by atoms with van der Waals surface area (Å²) in [5, 5.41) is 4.56. The Morgan fingerprint density at radius 2 is 1.81 bits per heavy atom. The summed E-state index contributed by atoms with van der Waals surface area (Å²) in [6, 6.07) is 3.18. The molecular weight excluding hydrogens is 390 g/mol. The average Bonchev–Trinajstić information content (AvgIpc) is 2.93. The van der Waals surface area contributed by atoms with Gasteiger partial charge in [-0.25, -0.2) is 0 Å². The molecule has 1 fully saturated rings. The van der Waals surface area contributed by atoms with Crippen LogP contribution < -0.4 is 10.2 Å². The van der Waals surface area contributed by atoms with E-state index in [1.807, 2.05) is 27.7 Å². The van der Waals surface area contributed by atoms with E-state index >= 15 is 0 Å². The largest absolute Gasteiger partial charge is 0.497 e. The van der Waals surface area contributed by atoms with Crippen LogP contribution in [0.4, 0.5) is 19.0 Å². The van der Waals surface area contributed by atoms with Gasteiger partial charge in [0.25, 0.3) is 0 Å². The Hall–Kier alpha value is -1.10. The monoisotopic (exact) mass is 407 g/mol. The van der Waals surface area contributed by atoms with E-state index < -0.39 is 31.0 Å². The molecule has 1 aliphatic rings. The highest BCUT2D eigenvalue weighted by Gasteiger charge is 2.52. The maximum atomic E-state index is 13.0. The first-order valence-corrected chi connectivity index (χ1v) is 8.70. The van der Waals surface area contributed by atoms with E-state index in [1.54, 1.807) is 12.1 Å². The minimum absolute atomic E-state index is 0.135. The smallest absolute Gasteiger partial charge is 0.399 e. The Bertz CT molecular complexity index is 841. The number of rotatable bonds is 3. The van der Waals surface area contributed by atoms with Gasteiger partial charge in [0.15, 0.2) is 5.82 Å². The van der Waals surface area contributed by atoms with Gasteiger partial charge in [-0.1, -0.05) is 30.5 Å². The van der Waals surface area contributed by atoms with Crippen molar-refractivity contribution in [2.75, 3.05) is 4.72 Å². The molecule has 0 atom stereocenters. The lowest BCUT2D eigenvalue weighted by Gasteiger charge is -2.32. The molecule has 0 bridgehead atoms. The lowest BCUT2D eigenvalue weighted by molar-refractivity contribution is -0.141. The Labute approximate surface area is 159 Å². The van der Waals surface area contributed by atoms with Gasteiger partial charge in [0.2, 0.25) is 0 Å². The summed E-state index contributed by atoms with van der Waals surface area (Å²) in [4.78, 5) is 0. The molecule has 0 amide bonds. The number of hydrogen-bond acceptors (Lipinski definition) is 5. The summed E-state index contributed by atoms with van der Waals surface area (Å²) in [7, 11) is -0.851. The van der Waals surface area contributed by atoms with Gasteiger partial charge in [-0.05, 0) is 33.8 Å². The molecule has 3 rings (SSSR count). The third kappa shape index (κ3) is 3.28. The van der Waals surface area contributed by atoms with E-state index in [1.165, 1.54) is 0 Å². The zero-order valence-electron chi connectivity index (χ0n) is 14.6. The van der Waals surface area contributed by atoms with Crippen molar-refractivity contribution in [3.05, 3.63) is 17.2 Å². The highest BCUT2D eigenvalue weighted by molar-refractivity contribution is 7.81. The first kappa shape index (κ1) is 19.7. The minimum atomic E-state index is -4.46. The minimum Gasteiger partial charge on any atom is -0.399 e. The lowest BCUT2D eigenvalue weighted by atomic mass is 9.77. The molecule has 0 saturated carbocycles. The molecular formula is C15H18BClF3N3O2S. The van der Waals surface area contributed by atoms with Crippen LogP contribution in [0.25, 0.3) is 10.9 Å². The van der Waals surface area contributed by atoms with E-state index in [-0.39, 0.29) is 16.4 Å². The molecule has 0 aliphatic carbocycles. The molecule has 5 nitrogen and oxygen atoms in total. The number of alkyl halides is 3. The second-order valence-electron chi connectivity index (χ2n) is 7.18. The van der Waals surface area contributed by atoms with Gasteiger partial charge in [-0.15, -0.1) is 0 Å². The van der Waals surface area contributed by atoms with Crippen molar-refractivity contribution in [2.24, 2.45) is 0 Å². The van der Waals surface area contributed by atoms with E-state index in [0.29, 0.717) is 10.8 Å². The normalized spacial score (nSPS) is 19.3. The quantitative estimate of drug-likeness (QED) is 0.600. The van der Waals surface area contributed by atoms with Crippen LogP contribution in [0.5, 0.6) is 0 Å². The number of hydrogen-bond donors (Lipinski definition) is 2. The predicted octanol–water partition coefficient (Wildman–Crippen LogP) is 3.81. The van der Waals surface area contributed by atoms with E-state index in [0.717, 1.165) is 4.68 Å². The van der Waals surface area contributed by atoms with Crippen molar-refractivity contribution < 1.29 is 22.5 Å². The zero-order chi connectivity index (χ0) is 19.5. The lowest BCUT2D eigenvalue weighted by Crippen LogP contribution is -2.41. The molecule has 1 aliphatic heterocycles. The van der Waals surface area contributed by atoms with Gasteiger partial charge in [-0.3, -0.25) is 4.68 Å². The topological polar surface area (TPSA) is 48.3 Å². The first-order chi connectivity index (χ1) is 11.9. The maximum absolute atomic E-state index is 13.0. The fourth-order valence-electron chi connectivity index (χ4n) is 2.83. The van der Waals surface area contributed by atoms with Crippen molar-refractivity contribution in [1.29, 1.82) is 0 Å². The second-order valence-corrected chi connectivity index (χ2v) is 7.81. The summed E-state index contributed by atoms with van der Waals surface area (Å²) >= 11 is 10.2. The van der Waals surface area contributed by atoms with Crippen molar-refractivity contribution in [3.63, 3.8) is 0 Å². The fourth-order valence-corrected chi connectivity index (χ4v) is 3.23. The standard InChI is InChI=1S/C15H18BClF3N3O2S/c1-13(2)14(3,4)25-16(24-13)8-5-6-9(17)10-11(8)23(7-15(18,19)20)21-12(10)22-26/h5-6,26H,7H2,1-4H3,(H,21,22). The summed E-state index contributed by atoms with van der Waals surface area (Å²) in [5.74, 6) is 0.135. The number of nitrogens with one attached hydrogen (secondary N) is 1. The molecule has 1 N–H and O–H groups in total. The fraction of sp³-hybridized carbons (Fsp3) is 0.533. The van der Waals surface area contributed by atoms with Gasteiger partial charge in [0, 0.05) is 5.46 Å². The van der Waals surface area contributed by atoms with Gasteiger partial charge in [0.05, 0.1) is 27.1 Å². The van der Waals surface area contributed by atoms with Gasteiger partial charge in [0.1, 0.15) is 6.54 Å². The Morgan fingerprint density at radius 1 is 1.23 bits per heavy atom. The van der Waals surface area contributed by atoms with Crippen LogP contribution in [0, 0.1) is 0 Å². The van der Waals surface area contributed by atoms with Gasteiger partial charge >= 0.3 is 13.3 Å². The number of aromatic nitrogens is 2. The summed E-state index contributed by atoms with van der Waals surface area (Å²) in [6.45, 7) is 6.20. The van der Waals surface area contributed by atoms with Crippen LogP contribution in [0.3, 0.4) is 0 Å². The number of fused-ring (bicyclic) bond motifs is 1. The third-order valence-corrected chi connectivity index (χ3v) is 5.34. The molecule has 1 saturated heterocycles. The Morgan fingerprint density at radius 3 is 2.31 bits per heavy atom. The maximum Gasteiger partial charge on any atom is 0.497 e. The Balaban J connectivity index is 2.21. The summed E-state index contributed by atoms with van der Waals surface area (Å²) in [5.41, 5.74) is -0.647. The molecule has 1 aromatic heterocycles. The summed E-state index contributed by atoms with van der Waals surface area (Å²) in [6.07, 6.45) is -4.46.